The fourth-order valence-corrected chi connectivity index (χ4v) is 3.20. The van der Waals surface area contributed by atoms with Crippen LogP contribution in [0.15, 0.2) is 27.0 Å². The van der Waals surface area contributed by atoms with Gasteiger partial charge in [0.05, 0.1) is 9.83 Å². The van der Waals surface area contributed by atoms with Crippen LogP contribution in [0.3, 0.4) is 0 Å². The van der Waals surface area contributed by atoms with Gasteiger partial charge in [0.2, 0.25) is 0 Å². The van der Waals surface area contributed by atoms with Crippen molar-refractivity contribution in [2.75, 3.05) is 6.54 Å². The van der Waals surface area contributed by atoms with Crippen molar-refractivity contribution in [1.82, 2.24) is 5.32 Å². The van der Waals surface area contributed by atoms with E-state index in [2.05, 4.69) is 56.7 Å². The molecule has 0 saturated carbocycles. The molecule has 1 atom stereocenters. The molecule has 1 unspecified atom stereocenters. The molecule has 0 fully saturated rings. The number of nitrogens with one attached hydrogen (secondary N) is 1. The normalized spacial score (nSPS) is 12.8. The van der Waals surface area contributed by atoms with Crippen molar-refractivity contribution in [1.29, 1.82) is 0 Å². The number of rotatable bonds is 4. The van der Waals surface area contributed by atoms with E-state index in [0.29, 0.717) is 0 Å². The Hall–Kier alpha value is 0.360. The molecule has 0 aliphatic rings. The summed E-state index contributed by atoms with van der Waals surface area (Å²) in [5.41, 5.74) is 0. The molecule has 0 aliphatic carbocycles. The third-order valence-corrected chi connectivity index (χ3v) is 4.97. The van der Waals surface area contributed by atoms with Gasteiger partial charge in [-0.1, -0.05) is 13.0 Å². The van der Waals surface area contributed by atoms with E-state index in [9.17, 15) is 0 Å². The molecule has 1 aromatic rings. The average molecular weight is 325 g/mol. The van der Waals surface area contributed by atoms with Crippen LogP contribution in [0.25, 0.3) is 0 Å². The van der Waals surface area contributed by atoms with Gasteiger partial charge in [-0.25, -0.2) is 0 Å². The predicted octanol–water partition coefficient (Wildman–Crippen LogP) is 4.11. The molecule has 0 amide bonds. The van der Waals surface area contributed by atoms with Gasteiger partial charge in [0.15, 0.2) is 0 Å². The van der Waals surface area contributed by atoms with Gasteiger partial charge in [-0.05, 0) is 44.5 Å². The summed E-state index contributed by atoms with van der Waals surface area (Å²) in [4.78, 5) is 1.27. The Bertz CT molecular complexity index is 276. The Morgan fingerprint density at radius 2 is 2.38 bits per heavy atom. The zero-order chi connectivity index (χ0) is 9.84. The van der Waals surface area contributed by atoms with Gasteiger partial charge >= 0.3 is 0 Å². The fourth-order valence-electron chi connectivity index (χ4n) is 1.04. The van der Waals surface area contributed by atoms with Crippen LogP contribution in [0, 0.1) is 0 Å². The highest BCUT2D eigenvalue weighted by Crippen LogP contribution is 2.35. The second kappa shape index (κ2) is 5.29. The van der Waals surface area contributed by atoms with E-state index in [1.165, 1.54) is 4.88 Å². The summed E-state index contributed by atoms with van der Waals surface area (Å²) < 4.78 is 2.24. The molecule has 1 rings (SSSR count). The van der Waals surface area contributed by atoms with Gasteiger partial charge < -0.3 is 5.32 Å². The molecule has 0 aromatic carbocycles. The molecule has 1 heterocycles. The number of hydrogen-bond acceptors (Lipinski definition) is 2. The lowest BCUT2D eigenvalue weighted by atomic mass is 10.2. The van der Waals surface area contributed by atoms with Crippen LogP contribution >= 0.6 is 43.2 Å². The molecule has 0 bridgehead atoms. The van der Waals surface area contributed by atoms with Crippen molar-refractivity contribution in [2.45, 2.75) is 13.0 Å². The van der Waals surface area contributed by atoms with E-state index >= 15 is 0 Å². The van der Waals surface area contributed by atoms with Crippen molar-refractivity contribution in [3.05, 3.63) is 31.9 Å². The zero-order valence-electron chi connectivity index (χ0n) is 7.31. The molecule has 1 aromatic heterocycles. The van der Waals surface area contributed by atoms with Gasteiger partial charge in [-0.3, -0.25) is 0 Å². The van der Waals surface area contributed by atoms with Crippen molar-refractivity contribution < 1.29 is 0 Å². The lowest BCUT2D eigenvalue weighted by molar-refractivity contribution is 0.658. The van der Waals surface area contributed by atoms with E-state index in [1.54, 1.807) is 11.3 Å². The molecule has 72 valence electrons. The first-order valence-corrected chi connectivity index (χ1v) is 6.40. The highest BCUT2D eigenvalue weighted by Gasteiger charge is 2.11. The number of halogens is 2. The number of thiophene rings is 1. The van der Waals surface area contributed by atoms with Crippen LogP contribution in [0.5, 0.6) is 0 Å². The average Bonchev–Trinajstić information content (AvgIpc) is 2.43. The van der Waals surface area contributed by atoms with Gasteiger partial charge in [0, 0.05) is 9.35 Å². The van der Waals surface area contributed by atoms with Crippen LogP contribution in [0.4, 0.5) is 0 Å². The van der Waals surface area contributed by atoms with E-state index < -0.39 is 0 Å². The maximum Gasteiger partial charge on any atom is 0.0843 e. The minimum atomic E-state index is 0.262. The summed E-state index contributed by atoms with van der Waals surface area (Å²) in [6.45, 7) is 6.85. The maximum atomic E-state index is 3.81. The lowest BCUT2D eigenvalue weighted by Crippen LogP contribution is -2.17. The standard InChI is InChI=1S/C9H11Br2NS/c1-3-7(12-4-2)8-5-6(10)9(11)13-8/h3,5,7,12H,1,4H2,2H3. The van der Waals surface area contributed by atoms with Crippen LogP contribution in [0.1, 0.15) is 17.8 Å². The second-order valence-electron chi connectivity index (χ2n) is 2.54. The summed E-state index contributed by atoms with van der Waals surface area (Å²) >= 11 is 8.66. The molecule has 4 heteroatoms. The quantitative estimate of drug-likeness (QED) is 0.822. The summed E-state index contributed by atoms with van der Waals surface area (Å²) in [7, 11) is 0. The monoisotopic (exact) mass is 323 g/mol. The van der Waals surface area contributed by atoms with Gasteiger partial charge in [-0.15, -0.1) is 17.9 Å². The fraction of sp³-hybridized carbons (Fsp3) is 0.333. The lowest BCUT2D eigenvalue weighted by Gasteiger charge is -2.10. The molecule has 1 nitrogen and oxygen atoms in total. The minimum absolute atomic E-state index is 0.262. The third kappa shape index (κ3) is 2.91. The molecule has 13 heavy (non-hydrogen) atoms. The molecular formula is C9H11Br2NS. The van der Waals surface area contributed by atoms with Crippen molar-refractivity contribution in [3.8, 4) is 0 Å². The Balaban J connectivity index is 2.84. The Morgan fingerprint density at radius 3 is 2.77 bits per heavy atom. The van der Waals surface area contributed by atoms with Crippen molar-refractivity contribution in [2.24, 2.45) is 0 Å². The first kappa shape index (κ1) is 11.4. The molecular weight excluding hydrogens is 314 g/mol. The Kier molecular flexibility index (Phi) is 4.66. The van der Waals surface area contributed by atoms with Crippen LogP contribution in [-0.2, 0) is 0 Å². The molecule has 0 spiro atoms. The Labute approximate surface area is 99.5 Å². The van der Waals surface area contributed by atoms with Gasteiger partial charge in [0.25, 0.3) is 0 Å². The second-order valence-corrected chi connectivity index (χ2v) is 5.80. The van der Waals surface area contributed by atoms with E-state index in [-0.39, 0.29) is 6.04 Å². The number of hydrogen-bond donors (Lipinski definition) is 1. The van der Waals surface area contributed by atoms with Gasteiger partial charge in [0.1, 0.15) is 0 Å². The Morgan fingerprint density at radius 1 is 1.69 bits per heavy atom. The molecule has 0 aliphatic heterocycles. The first-order chi connectivity index (χ1) is 6.19. The summed E-state index contributed by atoms with van der Waals surface area (Å²) in [6.07, 6.45) is 1.92. The third-order valence-electron chi connectivity index (χ3n) is 1.63. The first-order valence-electron chi connectivity index (χ1n) is 3.99. The molecule has 0 radical (unpaired) electrons. The SMILES string of the molecule is C=CC(NCC)c1cc(Br)c(Br)s1. The van der Waals surface area contributed by atoms with E-state index in [0.717, 1.165) is 14.8 Å². The largest absolute Gasteiger partial charge is 0.306 e. The summed E-state index contributed by atoms with van der Waals surface area (Å²) in [5, 5.41) is 3.34. The van der Waals surface area contributed by atoms with E-state index in [4.69, 9.17) is 0 Å². The zero-order valence-corrected chi connectivity index (χ0v) is 11.3. The topological polar surface area (TPSA) is 12.0 Å². The van der Waals surface area contributed by atoms with E-state index in [1.807, 2.05) is 6.08 Å². The molecule has 1 N–H and O–H groups in total. The van der Waals surface area contributed by atoms with Crippen LogP contribution < -0.4 is 5.32 Å². The van der Waals surface area contributed by atoms with Gasteiger partial charge in [-0.2, -0.15) is 0 Å². The maximum absolute atomic E-state index is 3.81. The summed E-state index contributed by atoms with van der Waals surface area (Å²) in [5.74, 6) is 0. The smallest absolute Gasteiger partial charge is 0.0843 e. The predicted molar refractivity (Wildman–Crippen MR) is 66.3 cm³/mol. The minimum Gasteiger partial charge on any atom is -0.306 e. The molecule has 0 saturated heterocycles. The van der Waals surface area contributed by atoms with Crippen LogP contribution in [0.2, 0.25) is 0 Å². The highest BCUT2D eigenvalue weighted by atomic mass is 79.9. The summed E-state index contributed by atoms with van der Waals surface area (Å²) in [6, 6.07) is 2.38. The van der Waals surface area contributed by atoms with Crippen LogP contribution in [-0.4, -0.2) is 6.54 Å². The highest BCUT2D eigenvalue weighted by molar-refractivity contribution is 9.13. The van der Waals surface area contributed by atoms with Crippen molar-refractivity contribution in [3.63, 3.8) is 0 Å². The van der Waals surface area contributed by atoms with Crippen molar-refractivity contribution >= 4 is 43.2 Å². The number of likely N-dealkylation sites (N-methyl/N-ethyl adjacent to an activating group) is 1.